The number of benzene rings is 1. The van der Waals surface area contributed by atoms with Crippen LogP contribution in [0.3, 0.4) is 0 Å². The molecule has 104 valence electrons. The highest BCUT2D eigenvalue weighted by Crippen LogP contribution is 2.10. The molecule has 0 aliphatic heterocycles. The van der Waals surface area contributed by atoms with E-state index in [0.717, 1.165) is 5.56 Å². The summed E-state index contributed by atoms with van der Waals surface area (Å²) < 4.78 is 14.0. The van der Waals surface area contributed by atoms with Crippen LogP contribution >= 0.6 is 0 Å². The van der Waals surface area contributed by atoms with Gasteiger partial charge in [0.05, 0.1) is 15.7 Å². The van der Waals surface area contributed by atoms with Crippen LogP contribution in [-0.2, 0) is 15.8 Å². The first kappa shape index (κ1) is 15.6. The van der Waals surface area contributed by atoms with Gasteiger partial charge in [0.25, 0.3) is 0 Å². The Morgan fingerprint density at radius 2 is 1.89 bits per heavy atom. The lowest BCUT2D eigenvalue weighted by Gasteiger charge is -2.20. The standard InChI is InChI=1S/C14H19NO3S/c1-14(2,3)19(18)15-12(13(16)17)10-9-11-7-5-4-6-8-11/h4-10,12,15H,1-3H3,(H,16,17)/b10-9+/t12-,19?/m0/s1. The molecule has 5 heteroatoms. The molecule has 1 unspecified atom stereocenters. The molecular formula is C14H19NO3S. The van der Waals surface area contributed by atoms with Gasteiger partial charge in [-0.15, -0.1) is 0 Å². The van der Waals surface area contributed by atoms with E-state index in [4.69, 9.17) is 5.11 Å². The second kappa shape index (κ2) is 6.63. The van der Waals surface area contributed by atoms with Crippen LogP contribution in [0, 0.1) is 0 Å². The fourth-order valence-electron chi connectivity index (χ4n) is 1.24. The first-order valence-electron chi connectivity index (χ1n) is 5.95. The van der Waals surface area contributed by atoms with Gasteiger partial charge in [0.1, 0.15) is 6.04 Å². The number of carbonyl (C=O) groups is 1. The zero-order valence-corrected chi connectivity index (χ0v) is 12.1. The summed E-state index contributed by atoms with van der Waals surface area (Å²) >= 11 is 0. The molecule has 0 spiro atoms. The van der Waals surface area contributed by atoms with Gasteiger partial charge in [0.15, 0.2) is 0 Å². The Kier molecular flexibility index (Phi) is 5.44. The van der Waals surface area contributed by atoms with E-state index >= 15 is 0 Å². The number of hydrogen-bond acceptors (Lipinski definition) is 2. The number of carboxylic acid groups (broad SMARTS) is 1. The van der Waals surface area contributed by atoms with Crippen molar-refractivity contribution in [1.29, 1.82) is 0 Å². The third-order valence-electron chi connectivity index (χ3n) is 2.34. The summed E-state index contributed by atoms with van der Waals surface area (Å²) in [7, 11) is -1.43. The summed E-state index contributed by atoms with van der Waals surface area (Å²) in [4.78, 5) is 11.1. The molecule has 0 bridgehead atoms. The Morgan fingerprint density at radius 3 is 2.37 bits per heavy atom. The molecule has 0 saturated heterocycles. The third-order valence-corrected chi connectivity index (χ3v) is 3.92. The van der Waals surface area contributed by atoms with Gasteiger partial charge >= 0.3 is 5.97 Å². The second-order valence-corrected chi connectivity index (χ2v) is 7.08. The first-order valence-corrected chi connectivity index (χ1v) is 7.10. The van der Waals surface area contributed by atoms with Crippen molar-refractivity contribution in [2.75, 3.05) is 0 Å². The Hall–Kier alpha value is -1.46. The van der Waals surface area contributed by atoms with E-state index in [-0.39, 0.29) is 0 Å². The largest absolute Gasteiger partial charge is 0.480 e. The maximum absolute atomic E-state index is 11.9. The fraction of sp³-hybridized carbons (Fsp3) is 0.357. The highest BCUT2D eigenvalue weighted by Gasteiger charge is 2.24. The number of rotatable bonds is 5. The van der Waals surface area contributed by atoms with Crippen molar-refractivity contribution in [3.63, 3.8) is 0 Å². The number of carboxylic acids is 1. The highest BCUT2D eigenvalue weighted by molar-refractivity contribution is 7.84. The predicted octanol–water partition coefficient (Wildman–Crippen LogP) is 2.20. The smallest absolute Gasteiger partial charge is 0.325 e. The van der Waals surface area contributed by atoms with Crippen LogP contribution < -0.4 is 4.72 Å². The summed E-state index contributed by atoms with van der Waals surface area (Å²) in [6, 6.07) is 8.40. The van der Waals surface area contributed by atoms with E-state index in [1.807, 2.05) is 30.3 Å². The van der Waals surface area contributed by atoms with E-state index in [1.165, 1.54) is 6.08 Å². The van der Waals surface area contributed by atoms with Crippen molar-refractivity contribution in [2.24, 2.45) is 0 Å². The zero-order valence-electron chi connectivity index (χ0n) is 11.3. The average Bonchev–Trinajstić information content (AvgIpc) is 2.33. The molecule has 19 heavy (non-hydrogen) atoms. The predicted molar refractivity (Wildman–Crippen MR) is 77.9 cm³/mol. The van der Waals surface area contributed by atoms with E-state index < -0.39 is 27.7 Å². The SMILES string of the molecule is CC(C)(C)S(=O)N[C@@H](/C=C/c1ccccc1)C(=O)O. The topological polar surface area (TPSA) is 66.4 Å². The van der Waals surface area contributed by atoms with E-state index in [1.54, 1.807) is 26.8 Å². The van der Waals surface area contributed by atoms with E-state index in [0.29, 0.717) is 0 Å². The molecule has 1 aromatic carbocycles. The van der Waals surface area contributed by atoms with Gasteiger partial charge in [0.2, 0.25) is 0 Å². The molecule has 0 aliphatic carbocycles. The first-order chi connectivity index (χ1) is 8.80. The van der Waals surface area contributed by atoms with Gasteiger partial charge in [-0.2, -0.15) is 0 Å². The van der Waals surface area contributed by atoms with Gasteiger partial charge in [-0.3, -0.25) is 4.79 Å². The Labute approximate surface area is 116 Å². The van der Waals surface area contributed by atoms with Crippen molar-refractivity contribution >= 4 is 23.0 Å². The molecule has 1 rings (SSSR count). The molecule has 0 fully saturated rings. The third kappa shape index (κ3) is 5.36. The van der Waals surface area contributed by atoms with E-state index in [2.05, 4.69) is 4.72 Å². The van der Waals surface area contributed by atoms with Crippen molar-refractivity contribution in [1.82, 2.24) is 4.72 Å². The van der Waals surface area contributed by atoms with Crippen molar-refractivity contribution in [2.45, 2.75) is 31.6 Å². The van der Waals surface area contributed by atoms with Crippen LogP contribution in [0.25, 0.3) is 6.08 Å². The molecule has 1 aromatic rings. The number of hydrogen-bond donors (Lipinski definition) is 2. The van der Waals surface area contributed by atoms with E-state index in [9.17, 15) is 9.00 Å². The van der Waals surface area contributed by atoms with Gasteiger partial charge in [0, 0.05) is 0 Å². The fourth-order valence-corrected chi connectivity index (χ4v) is 2.00. The maximum Gasteiger partial charge on any atom is 0.325 e. The number of aliphatic carboxylic acids is 1. The Bertz CT molecular complexity index is 477. The van der Waals surface area contributed by atoms with Crippen LogP contribution in [0.4, 0.5) is 0 Å². The highest BCUT2D eigenvalue weighted by atomic mass is 32.2. The summed E-state index contributed by atoms with van der Waals surface area (Å²) in [5, 5.41) is 9.12. The summed E-state index contributed by atoms with van der Waals surface area (Å²) in [6.07, 6.45) is 3.20. The molecular weight excluding hydrogens is 262 g/mol. The summed E-state index contributed by atoms with van der Waals surface area (Å²) in [6.45, 7) is 5.36. The van der Waals surface area contributed by atoms with Crippen molar-refractivity contribution in [3.05, 3.63) is 42.0 Å². The Balaban J connectivity index is 2.77. The molecule has 2 N–H and O–H groups in total. The molecule has 0 amide bonds. The molecule has 0 aliphatic rings. The molecule has 4 nitrogen and oxygen atoms in total. The van der Waals surface area contributed by atoms with Gasteiger partial charge in [-0.05, 0) is 26.3 Å². The lowest BCUT2D eigenvalue weighted by Crippen LogP contribution is -2.42. The zero-order chi connectivity index (χ0) is 14.5. The summed E-state index contributed by atoms with van der Waals surface area (Å²) in [5.41, 5.74) is 0.900. The molecule has 2 atom stereocenters. The minimum Gasteiger partial charge on any atom is -0.480 e. The van der Waals surface area contributed by atoms with Crippen LogP contribution in [0.1, 0.15) is 26.3 Å². The van der Waals surface area contributed by atoms with Gasteiger partial charge in [-0.1, -0.05) is 42.5 Å². The molecule has 0 heterocycles. The van der Waals surface area contributed by atoms with Crippen molar-refractivity contribution in [3.8, 4) is 0 Å². The Morgan fingerprint density at radius 1 is 1.32 bits per heavy atom. The van der Waals surface area contributed by atoms with Crippen LogP contribution in [0.5, 0.6) is 0 Å². The number of nitrogens with one attached hydrogen (secondary N) is 1. The van der Waals surface area contributed by atoms with Crippen LogP contribution in [0.2, 0.25) is 0 Å². The molecule has 0 aromatic heterocycles. The monoisotopic (exact) mass is 281 g/mol. The quantitative estimate of drug-likeness (QED) is 0.869. The molecule has 0 radical (unpaired) electrons. The normalized spacial score (nSPS) is 15.3. The summed E-state index contributed by atoms with van der Waals surface area (Å²) in [5.74, 6) is -1.05. The van der Waals surface area contributed by atoms with Gasteiger partial charge in [-0.25, -0.2) is 8.93 Å². The minimum atomic E-state index is -1.43. The second-order valence-electron chi connectivity index (χ2n) is 5.08. The molecule has 0 saturated carbocycles. The van der Waals surface area contributed by atoms with Gasteiger partial charge < -0.3 is 5.11 Å². The maximum atomic E-state index is 11.9. The lowest BCUT2D eigenvalue weighted by molar-refractivity contribution is -0.137. The van der Waals surface area contributed by atoms with Crippen LogP contribution in [0.15, 0.2) is 36.4 Å². The average molecular weight is 281 g/mol. The minimum absolute atomic E-state index is 0.506. The lowest BCUT2D eigenvalue weighted by atomic mass is 10.2. The van der Waals surface area contributed by atoms with Crippen LogP contribution in [-0.4, -0.2) is 26.1 Å². The van der Waals surface area contributed by atoms with Crippen molar-refractivity contribution < 1.29 is 14.1 Å².